The van der Waals surface area contributed by atoms with Crippen molar-refractivity contribution >= 4 is 23.3 Å². The van der Waals surface area contributed by atoms with Crippen molar-refractivity contribution < 1.29 is 18.7 Å². The average Bonchev–Trinajstić information content (AvgIpc) is 2.52. The van der Waals surface area contributed by atoms with Crippen LogP contribution in [0.5, 0.6) is 0 Å². The fraction of sp³-hybridized carbons (Fsp3) is 0.600. The number of rotatable bonds is 3. The van der Waals surface area contributed by atoms with Crippen molar-refractivity contribution in [3.63, 3.8) is 0 Å². The third-order valence-corrected chi connectivity index (χ3v) is 4.93. The molecule has 0 radical (unpaired) electrons. The minimum Gasteiger partial charge on any atom is -0.383 e. The Kier molecular flexibility index (Phi) is 4.18. The Morgan fingerprint density at radius 1 is 1.30 bits per heavy atom. The lowest BCUT2D eigenvalue weighted by Crippen LogP contribution is -2.63. The van der Waals surface area contributed by atoms with Gasteiger partial charge in [0.1, 0.15) is 11.4 Å². The van der Waals surface area contributed by atoms with E-state index in [4.69, 9.17) is 11.6 Å². The molecule has 0 bridgehead atoms. The van der Waals surface area contributed by atoms with E-state index >= 15 is 0 Å². The van der Waals surface area contributed by atoms with Gasteiger partial charge in [-0.05, 0) is 31.4 Å². The van der Waals surface area contributed by atoms with E-state index in [2.05, 4.69) is 4.98 Å². The van der Waals surface area contributed by atoms with Gasteiger partial charge in [0.25, 0.3) is 5.91 Å². The molecule has 2 heterocycles. The summed E-state index contributed by atoms with van der Waals surface area (Å²) in [6.07, 6.45) is 2.06. The normalized spacial score (nSPS) is 21.0. The van der Waals surface area contributed by atoms with Crippen LogP contribution in [0.1, 0.15) is 19.3 Å². The quantitative estimate of drug-likeness (QED) is 0.909. The maximum Gasteiger partial charge on any atom is 0.352 e. The third-order valence-electron chi connectivity index (χ3n) is 4.64. The summed E-state index contributed by atoms with van der Waals surface area (Å²) in [5.74, 6) is -4.42. The number of nitrogens with zero attached hydrogens (tertiary/aromatic N) is 3. The standard InChI is InChI=1S/C15H18ClF2N3O2/c16-11-3-1-6-19-12(11)20-7-9-21(10-8-20)13(22)15(17,18)14(23)4-2-5-14/h1,3,6,23H,2,4-5,7-10H2. The summed E-state index contributed by atoms with van der Waals surface area (Å²) >= 11 is 6.08. The molecular weight excluding hydrogens is 328 g/mol. The lowest BCUT2D eigenvalue weighted by molar-refractivity contribution is -0.223. The highest BCUT2D eigenvalue weighted by Crippen LogP contribution is 2.45. The zero-order valence-electron chi connectivity index (χ0n) is 12.5. The number of amides is 1. The smallest absolute Gasteiger partial charge is 0.352 e. The molecule has 0 unspecified atom stereocenters. The van der Waals surface area contributed by atoms with Crippen LogP contribution in [-0.4, -0.2) is 58.6 Å². The molecule has 1 aliphatic heterocycles. The predicted octanol–water partition coefficient (Wildman–Crippen LogP) is 1.93. The van der Waals surface area contributed by atoms with Gasteiger partial charge < -0.3 is 14.9 Å². The second kappa shape index (κ2) is 5.87. The van der Waals surface area contributed by atoms with Crippen molar-refractivity contribution in [3.05, 3.63) is 23.4 Å². The van der Waals surface area contributed by atoms with Gasteiger partial charge in [-0.25, -0.2) is 4.98 Å². The van der Waals surface area contributed by atoms with E-state index in [1.807, 2.05) is 4.90 Å². The summed E-state index contributed by atoms with van der Waals surface area (Å²) in [6.45, 7) is 1.04. The first-order chi connectivity index (χ1) is 10.8. The number of carbonyl (C=O) groups is 1. The van der Waals surface area contributed by atoms with Crippen molar-refractivity contribution in [3.8, 4) is 0 Å². The second-order valence-electron chi connectivity index (χ2n) is 6.05. The Morgan fingerprint density at radius 3 is 2.48 bits per heavy atom. The van der Waals surface area contributed by atoms with Crippen LogP contribution in [0.25, 0.3) is 0 Å². The Morgan fingerprint density at radius 2 is 1.96 bits per heavy atom. The van der Waals surface area contributed by atoms with Crippen LogP contribution in [0.2, 0.25) is 5.02 Å². The maximum atomic E-state index is 14.2. The van der Waals surface area contributed by atoms with Crippen LogP contribution in [-0.2, 0) is 4.79 Å². The van der Waals surface area contributed by atoms with Gasteiger partial charge in [-0.15, -0.1) is 0 Å². The first-order valence-corrected chi connectivity index (χ1v) is 7.98. The number of hydrogen-bond acceptors (Lipinski definition) is 4. The Hall–Kier alpha value is -1.47. The topological polar surface area (TPSA) is 56.7 Å². The largest absolute Gasteiger partial charge is 0.383 e. The molecule has 0 atom stereocenters. The first-order valence-electron chi connectivity index (χ1n) is 7.60. The van der Waals surface area contributed by atoms with Crippen molar-refractivity contribution in [2.75, 3.05) is 31.1 Å². The lowest BCUT2D eigenvalue weighted by Gasteiger charge is -2.44. The van der Waals surface area contributed by atoms with E-state index in [1.54, 1.807) is 18.3 Å². The van der Waals surface area contributed by atoms with Crippen LogP contribution in [0.15, 0.2) is 18.3 Å². The molecule has 2 fully saturated rings. The van der Waals surface area contributed by atoms with Crippen molar-refractivity contribution in [2.45, 2.75) is 30.8 Å². The lowest BCUT2D eigenvalue weighted by atomic mass is 9.75. The van der Waals surface area contributed by atoms with E-state index in [1.165, 1.54) is 0 Å². The average molecular weight is 346 g/mol. The summed E-state index contributed by atoms with van der Waals surface area (Å²) in [5, 5.41) is 10.4. The second-order valence-corrected chi connectivity index (χ2v) is 6.45. The molecule has 1 aliphatic carbocycles. The number of aromatic nitrogens is 1. The number of carbonyl (C=O) groups excluding carboxylic acids is 1. The van der Waals surface area contributed by atoms with Gasteiger partial charge >= 0.3 is 5.92 Å². The molecule has 0 spiro atoms. The van der Waals surface area contributed by atoms with Crippen LogP contribution in [0, 0.1) is 0 Å². The van der Waals surface area contributed by atoms with Crippen LogP contribution in [0.4, 0.5) is 14.6 Å². The number of piperazine rings is 1. The van der Waals surface area contributed by atoms with E-state index in [-0.39, 0.29) is 25.9 Å². The SMILES string of the molecule is O=C(N1CCN(c2ncccc2Cl)CC1)C(F)(F)C1(O)CCC1. The molecule has 1 aromatic heterocycles. The molecule has 5 nitrogen and oxygen atoms in total. The molecule has 0 aromatic carbocycles. The molecule has 1 aromatic rings. The Balaban J connectivity index is 1.65. The number of anilines is 1. The minimum atomic E-state index is -3.73. The van der Waals surface area contributed by atoms with E-state index < -0.39 is 17.4 Å². The summed E-state index contributed by atoms with van der Waals surface area (Å²) in [6, 6.07) is 3.42. The summed E-state index contributed by atoms with van der Waals surface area (Å²) in [7, 11) is 0. The number of aliphatic hydroxyl groups is 1. The van der Waals surface area contributed by atoms with Crippen LogP contribution >= 0.6 is 11.6 Å². The fourth-order valence-electron chi connectivity index (χ4n) is 2.95. The zero-order valence-corrected chi connectivity index (χ0v) is 13.3. The fourth-order valence-corrected chi connectivity index (χ4v) is 3.20. The molecule has 23 heavy (non-hydrogen) atoms. The molecule has 2 aliphatic rings. The van der Waals surface area contributed by atoms with Gasteiger partial charge in [-0.1, -0.05) is 11.6 Å². The highest BCUT2D eigenvalue weighted by molar-refractivity contribution is 6.32. The van der Waals surface area contributed by atoms with Crippen molar-refractivity contribution in [1.82, 2.24) is 9.88 Å². The maximum absolute atomic E-state index is 14.2. The summed E-state index contributed by atoms with van der Waals surface area (Å²) in [4.78, 5) is 19.3. The highest BCUT2D eigenvalue weighted by atomic mass is 35.5. The van der Waals surface area contributed by atoms with Gasteiger partial charge in [0, 0.05) is 32.4 Å². The Bertz CT molecular complexity index is 602. The molecule has 1 amide bonds. The number of pyridine rings is 1. The molecule has 8 heteroatoms. The monoisotopic (exact) mass is 345 g/mol. The van der Waals surface area contributed by atoms with Gasteiger partial charge in [0.05, 0.1) is 5.02 Å². The first kappa shape index (κ1) is 16.4. The van der Waals surface area contributed by atoms with Gasteiger partial charge in [-0.3, -0.25) is 4.79 Å². The third kappa shape index (κ3) is 2.76. The molecule has 126 valence electrons. The molecule has 1 saturated heterocycles. The molecule has 3 rings (SSSR count). The number of hydrogen-bond donors (Lipinski definition) is 1. The van der Waals surface area contributed by atoms with Crippen LogP contribution in [0.3, 0.4) is 0 Å². The van der Waals surface area contributed by atoms with Gasteiger partial charge in [0.15, 0.2) is 0 Å². The minimum absolute atomic E-state index is 0.0325. The number of halogens is 3. The predicted molar refractivity (Wildman–Crippen MR) is 81.8 cm³/mol. The number of alkyl halides is 2. The van der Waals surface area contributed by atoms with Crippen LogP contribution < -0.4 is 4.90 Å². The van der Waals surface area contributed by atoms with Gasteiger partial charge in [0.2, 0.25) is 0 Å². The van der Waals surface area contributed by atoms with Gasteiger partial charge in [-0.2, -0.15) is 8.78 Å². The summed E-state index contributed by atoms with van der Waals surface area (Å²) < 4.78 is 28.5. The van der Waals surface area contributed by atoms with E-state index in [9.17, 15) is 18.7 Å². The van der Waals surface area contributed by atoms with E-state index in [0.29, 0.717) is 30.4 Å². The highest BCUT2D eigenvalue weighted by Gasteiger charge is 2.62. The van der Waals surface area contributed by atoms with E-state index in [0.717, 1.165) is 4.90 Å². The van der Waals surface area contributed by atoms with Crippen molar-refractivity contribution in [1.29, 1.82) is 0 Å². The molecular formula is C15H18ClF2N3O2. The Labute approximate surface area is 137 Å². The summed E-state index contributed by atoms with van der Waals surface area (Å²) in [5.41, 5.74) is -2.18. The van der Waals surface area contributed by atoms with Crippen molar-refractivity contribution in [2.24, 2.45) is 0 Å². The molecule has 1 N–H and O–H groups in total. The molecule has 1 saturated carbocycles. The zero-order chi connectivity index (χ0) is 16.7.